The molecule has 1 aliphatic heterocycles. The number of ether oxygens (including phenoxy) is 1. The van der Waals surface area contributed by atoms with Gasteiger partial charge >= 0.3 is 0 Å². The molecule has 2 fully saturated rings. The zero-order chi connectivity index (χ0) is 12.9. The van der Waals surface area contributed by atoms with E-state index in [1.807, 2.05) is 0 Å². The number of rotatable bonds is 1. The number of nitrogens with one attached hydrogen (secondary N) is 1. The van der Waals surface area contributed by atoms with Gasteiger partial charge in [-0.15, -0.1) is 0 Å². The molecule has 1 heterocycles. The lowest BCUT2D eigenvalue weighted by molar-refractivity contribution is 0.0795. The molecule has 19 heavy (non-hydrogen) atoms. The number of fused-ring (bicyclic) bond motifs is 1. The van der Waals surface area contributed by atoms with E-state index >= 15 is 0 Å². The number of hydrogen-bond donors (Lipinski definition) is 1. The van der Waals surface area contributed by atoms with Crippen LogP contribution in [0.5, 0.6) is 5.75 Å². The molecule has 1 aromatic rings. The van der Waals surface area contributed by atoms with Gasteiger partial charge in [0.1, 0.15) is 5.75 Å². The Balaban J connectivity index is 1.88. The topological polar surface area (TPSA) is 21.3 Å². The molecule has 0 amide bonds. The van der Waals surface area contributed by atoms with Gasteiger partial charge in [0.05, 0.1) is 7.11 Å². The molecule has 3 atom stereocenters. The van der Waals surface area contributed by atoms with Gasteiger partial charge in [0.2, 0.25) is 0 Å². The van der Waals surface area contributed by atoms with Crippen LogP contribution in [0.25, 0.3) is 0 Å². The van der Waals surface area contributed by atoms with Crippen LogP contribution < -0.4 is 10.1 Å². The van der Waals surface area contributed by atoms with E-state index in [0.717, 1.165) is 17.7 Å². The van der Waals surface area contributed by atoms with Gasteiger partial charge in [0.15, 0.2) is 0 Å². The zero-order valence-corrected chi connectivity index (χ0v) is 11.7. The summed E-state index contributed by atoms with van der Waals surface area (Å²) in [7, 11) is 1.78. The zero-order valence-electron chi connectivity index (χ0n) is 11.7. The molecule has 2 nitrogen and oxygen atoms in total. The first-order valence-electron chi connectivity index (χ1n) is 7.74. The Hall–Kier alpha value is -1.02. The second-order valence-electron chi connectivity index (χ2n) is 6.55. The molecule has 3 aliphatic rings. The molecule has 102 valence electrons. The van der Waals surface area contributed by atoms with E-state index < -0.39 is 0 Å². The summed E-state index contributed by atoms with van der Waals surface area (Å²) >= 11 is 0. The highest BCUT2D eigenvalue weighted by Gasteiger charge is 2.51. The van der Waals surface area contributed by atoms with Crippen LogP contribution in [-0.4, -0.2) is 19.7 Å². The Labute approximate surface area is 115 Å². The van der Waals surface area contributed by atoms with E-state index in [1.165, 1.54) is 45.1 Å². The van der Waals surface area contributed by atoms with Crippen LogP contribution in [-0.2, 0) is 11.8 Å². The molecule has 2 bridgehead atoms. The fourth-order valence-corrected chi connectivity index (χ4v) is 5.03. The number of hydrogen-bond acceptors (Lipinski definition) is 2. The lowest BCUT2D eigenvalue weighted by atomic mass is 9.53. The Bertz CT molecular complexity index is 494. The van der Waals surface area contributed by atoms with Gasteiger partial charge in [-0.1, -0.05) is 18.9 Å². The van der Waals surface area contributed by atoms with Crippen molar-refractivity contribution in [3.05, 3.63) is 29.3 Å². The van der Waals surface area contributed by atoms with Crippen molar-refractivity contribution in [2.24, 2.45) is 5.92 Å². The highest BCUT2D eigenvalue weighted by Crippen LogP contribution is 2.54. The molecule has 2 aliphatic carbocycles. The monoisotopic (exact) mass is 257 g/mol. The second kappa shape index (κ2) is 4.24. The predicted molar refractivity (Wildman–Crippen MR) is 76.7 cm³/mol. The third kappa shape index (κ3) is 1.59. The summed E-state index contributed by atoms with van der Waals surface area (Å²) in [5, 5.41) is 3.78. The average molecular weight is 257 g/mol. The first-order chi connectivity index (χ1) is 9.33. The van der Waals surface area contributed by atoms with Crippen molar-refractivity contribution in [2.75, 3.05) is 13.7 Å². The van der Waals surface area contributed by atoms with Gasteiger partial charge in [-0.05, 0) is 61.4 Å². The standard InChI is InChI=1S/C17H23NO/c1-19-13-6-5-12-10-16-14-4-2-3-7-17(14,8-9-18-16)15(12)11-13/h5-6,11,14,16,18H,2-4,7-10H2,1H3/t14-,16-,17+/m1/s1. The van der Waals surface area contributed by atoms with E-state index in [-0.39, 0.29) is 0 Å². The van der Waals surface area contributed by atoms with Gasteiger partial charge in [0.25, 0.3) is 0 Å². The maximum Gasteiger partial charge on any atom is 0.119 e. The minimum absolute atomic E-state index is 0.455. The van der Waals surface area contributed by atoms with Gasteiger partial charge in [-0.2, -0.15) is 0 Å². The van der Waals surface area contributed by atoms with Gasteiger partial charge in [-0.3, -0.25) is 0 Å². The van der Waals surface area contributed by atoms with Crippen LogP contribution in [0.2, 0.25) is 0 Å². The third-order valence-electron chi connectivity index (χ3n) is 5.85. The second-order valence-corrected chi connectivity index (χ2v) is 6.55. The molecule has 0 radical (unpaired) electrons. The number of piperidine rings is 1. The van der Waals surface area contributed by atoms with Gasteiger partial charge in [0, 0.05) is 11.5 Å². The largest absolute Gasteiger partial charge is 0.497 e. The summed E-state index contributed by atoms with van der Waals surface area (Å²) in [6.07, 6.45) is 8.15. The lowest BCUT2D eigenvalue weighted by Crippen LogP contribution is -2.59. The third-order valence-corrected chi connectivity index (χ3v) is 5.85. The summed E-state index contributed by atoms with van der Waals surface area (Å²) in [6, 6.07) is 7.50. The van der Waals surface area contributed by atoms with Crippen molar-refractivity contribution in [3.63, 3.8) is 0 Å². The number of methoxy groups -OCH3 is 1. The van der Waals surface area contributed by atoms with E-state index in [4.69, 9.17) is 4.74 Å². The van der Waals surface area contributed by atoms with E-state index in [0.29, 0.717) is 5.41 Å². The van der Waals surface area contributed by atoms with Crippen molar-refractivity contribution in [1.29, 1.82) is 0 Å². The van der Waals surface area contributed by atoms with Crippen LogP contribution in [0.3, 0.4) is 0 Å². The molecular formula is C17H23NO. The van der Waals surface area contributed by atoms with Crippen LogP contribution in [0.4, 0.5) is 0 Å². The van der Waals surface area contributed by atoms with Crippen molar-refractivity contribution >= 4 is 0 Å². The SMILES string of the molecule is COc1ccc2c(c1)[C@]13CCCC[C@@H]1[C@@H](C2)NCC3. The van der Waals surface area contributed by atoms with E-state index in [9.17, 15) is 0 Å². The molecule has 0 aromatic heterocycles. The van der Waals surface area contributed by atoms with E-state index in [1.54, 1.807) is 18.2 Å². The Morgan fingerprint density at radius 1 is 1.26 bits per heavy atom. The fraction of sp³-hybridized carbons (Fsp3) is 0.647. The maximum atomic E-state index is 5.48. The average Bonchev–Trinajstić information content (AvgIpc) is 2.47. The first-order valence-corrected chi connectivity index (χ1v) is 7.74. The summed E-state index contributed by atoms with van der Waals surface area (Å²) in [5.41, 5.74) is 3.64. The molecule has 1 saturated heterocycles. The van der Waals surface area contributed by atoms with Crippen LogP contribution in [0.1, 0.15) is 43.2 Å². The summed E-state index contributed by atoms with van der Waals surface area (Å²) in [5.74, 6) is 1.89. The minimum Gasteiger partial charge on any atom is -0.497 e. The van der Waals surface area contributed by atoms with Crippen molar-refractivity contribution in [3.8, 4) is 5.75 Å². The summed E-state index contributed by atoms with van der Waals surface area (Å²) in [6.45, 7) is 1.19. The Morgan fingerprint density at radius 3 is 3.11 bits per heavy atom. The first kappa shape index (κ1) is 11.8. The maximum absolute atomic E-state index is 5.48. The molecule has 1 saturated carbocycles. The van der Waals surface area contributed by atoms with Gasteiger partial charge < -0.3 is 10.1 Å². The number of benzene rings is 1. The Morgan fingerprint density at radius 2 is 2.21 bits per heavy atom. The van der Waals surface area contributed by atoms with Gasteiger partial charge in [-0.25, -0.2) is 0 Å². The van der Waals surface area contributed by atoms with Crippen molar-refractivity contribution in [1.82, 2.24) is 5.32 Å². The normalized spacial score (nSPS) is 36.3. The van der Waals surface area contributed by atoms with E-state index in [2.05, 4.69) is 23.5 Å². The fourth-order valence-electron chi connectivity index (χ4n) is 5.03. The highest BCUT2D eigenvalue weighted by atomic mass is 16.5. The Kier molecular flexibility index (Phi) is 2.63. The van der Waals surface area contributed by atoms with Crippen LogP contribution >= 0.6 is 0 Å². The summed E-state index contributed by atoms with van der Waals surface area (Å²) < 4.78 is 5.48. The molecule has 0 spiro atoms. The predicted octanol–water partition coefficient (Wildman–Crippen LogP) is 3.04. The van der Waals surface area contributed by atoms with Crippen molar-refractivity contribution in [2.45, 2.75) is 50.0 Å². The minimum atomic E-state index is 0.455. The molecule has 1 N–H and O–H groups in total. The smallest absolute Gasteiger partial charge is 0.119 e. The van der Waals surface area contributed by atoms with Crippen molar-refractivity contribution < 1.29 is 4.74 Å². The molecule has 4 rings (SSSR count). The molecule has 1 aromatic carbocycles. The highest BCUT2D eigenvalue weighted by molar-refractivity contribution is 5.45. The van der Waals surface area contributed by atoms with Crippen LogP contribution in [0.15, 0.2) is 18.2 Å². The molecule has 0 unspecified atom stereocenters. The molecular weight excluding hydrogens is 234 g/mol. The quantitative estimate of drug-likeness (QED) is 0.835. The van der Waals surface area contributed by atoms with Crippen LogP contribution in [0, 0.1) is 5.92 Å². The summed E-state index contributed by atoms with van der Waals surface area (Å²) in [4.78, 5) is 0. The lowest BCUT2D eigenvalue weighted by Gasteiger charge is -2.56. The molecule has 2 heteroatoms.